The van der Waals surface area contributed by atoms with Crippen LogP contribution >= 0.6 is 0 Å². The van der Waals surface area contributed by atoms with Crippen LogP contribution in [0.3, 0.4) is 0 Å². The normalized spacial score (nSPS) is 23.3. The van der Waals surface area contributed by atoms with E-state index in [4.69, 9.17) is 10.5 Å². The summed E-state index contributed by atoms with van der Waals surface area (Å²) in [6.45, 7) is 12.9. The van der Waals surface area contributed by atoms with Gasteiger partial charge in [-0.2, -0.15) is 0 Å². The van der Waals surface area contributed by atoms with E-state index in [1.165, 1.54) is 12.8 Å². The van der Waals surface area contributed by atoms with Gasteiger partial charge in [0.2, 0.25) is 0 Å². The molecule has 2 unspecified atom stereocenters. The zero-order valence-electron chi connectivity index (χ0n) is 12.0. The molecule has 1 saturated heterocycles. The first-order valence-corrected chi connectivity index (χ1v) is 7.02. The van der Waals surface area contributed by atoms with Gasteiger partial charge in [-0.15, -0.1) is 0 Å². The van der Waals surface area contributed by atoms with Crippen LogP contribution in [-0.2, 0) is 4.74 Å². The van der Waals surface area contributed by atoms with E-state index in [-0.39, 0.29) is 0 Å². The standard InChI is InChI=1S/C14H30N2O/c1-5-16(11-13-7-6-8-17-13)12(10-15)9-14(2,3)4/h12-13H,5-11,15H2,1-4H3. The molecule has 0 bridgehead atoms. The Labute approximate surface area is 107 Å². The van der Waals surface area contributed by atoms with Crippen LogP contribution in [0.25, 0.3) is 0 Å². The van der Waals surface area contributed by atoms with Crippen LogP contribution in [0, 0.1) is 5.41 Å². The molecule has 2 atom stereocenters. The lowest BCUT2D eigenvalue weighted by Gasteiger charge is -2.35. The average Bonchev–Trinajstić information content (AvgIpc) is 2.74. The Kier molecular flexibility index (Phi) is 5.90. The first kappa shape index (κ1) is 14.9. The molecule has 0 radical (unpaired) electrons. The van der Waals surface area contributed by atoms with Crippen LogP contribution in [0.4, 0.5) is 0 Å². The minimum atomic E-state index is 0.341. The van der Waals surface area contributed by atoms with E-state index in [9.17, 15) is 0 Å². The van der Waals surface area contributed by atoms with Crippen molar-refractivity contribution in [1.82, 2.24) is 4.90 Å². The predicted octanol–water partition coefficient (Wildman–Crippen LogP) is 2.25. The monoisotopic (exact) mass is 242 g/mol. The van der Waals surface area contributed by atoms with Gasteiger partial charge in [0.05, 0.1) is 6.10 Å². The lowest BCUT2D eigenvalue weighted by Crippen LogP contribution is -2.46. The molecule has 0 amide bonds. The van der Waals surface area contributed by atoms with Crippen LogP contribution in [0.5, 0.6) is 0 Å². The number of rotatable bonds is 6. The molecule has 1 fully saturated rings. The number of ether oxygens (including phenoxy) is 1. The summed E-state index contributed by atoms with van der Waals surface area (Å²) in [6, 6.07) is 0.490. The van der Waals surface area contributed by atoms with E-state index in [1.54, 1.807) is 0 Å². The molecular weight excluding hydrogens is 212 g/mol. The molecule has 0 aromatic carbocycles. The molecule has 3 nitrogen and oxygen atoms in total. The second-order valence-electron chi connectivity index (χ2n) is 6.38. The van der Waals surface area contributed by atoms with Crippen molar-refractivity contribution in [3.63, 3.8) is 0 Å². The Hall–Kier alpha value is -0.120. The molecule has 1 heterocycles. The number of nitrogens with zero attached hydrogens (tertiary/aromatic N) is 1. The summed E-state index contributed by atoms with van der Waals surface area (Å²) in [5, 5.41) is 0. The summed E-state index contributed by atoms with van der Waals surface area (Å²) in [5.74, 6) is 0. The van der Waals surface area contributed by atoms with Crippen molar-refractivity contribution in [3.8, 4) is 0 Å². The van der Waals surface area contributed by atoms with Crippen molar-refractivity contribution in [1.29, 1.82) is 0 Å². The average molecular weight is 242 g/mol. The molecule has 0 aromatic rings. The molecule has 102 valence electrons. The molecule has 0 aromatic heterocycles. The van der Waals surface area contributed by atoms with Gasteiger partial charge in [-0.3, -0.25) is 4.90 Å². The molecule has 2 N–H and O–H groups in total. The third-order valence-electron chi connectivity index (χ3n) is 3.50. The summed E-state index contributed by atoms with van der Waals surface area (Å²) < 4.78 is 5.73. The maximum absolute atomic E-state index is 5.95. The SMILES string of the molecule is CCN(CC1CCCO1)C(CN)CC(C)(C)C. The van der Waals surface area contributed by atoms with E-state index in [0.29, 0.717) is 17.6 Å². The predicted molar refractivity (Wildman–Crippen MR) is 73.1 cm³/mol. The Morgan fingerprint density at radius 2 is 2.12 bits per heavy atom. The van der Waals surface area contributed by atoms with Crippen LogP contribution in [0.1, 0.15) is 47.0 Å². The van der Waals surface area contributed by atoms with Gasteiger partial charge < -0.3 is 10.5 Å². The third kappa shape index (κ3) is 5.36. The minimum Gasteiger partial charge on any atom is -0.377 e. The summed E-state index contributed by atoms with van der Waals surface area (Å²) in [4.78, 5) is 2.50. The lowest BCUT2D eigenvalue weighted by atomic mass is 9.87. The molecule has 0 saturated carbocycles. The molecular formula is C14H30N2O. The van der Waals surface area contributed by atoms with Gasteiger partial charge in [-0.25, -0.2) is 0 Å². The highest BCUT2D eigenvalue weighted by molar-refractivity contribution is 4.80. The Bertz CT molecular complexity index is 207. The molecule has 3 heteroatoms. The highest BCUT2D eigenvalue weighted by atomic mass is 16.5. The zero-order chi connectivity index (χ0) is 12.9. The van der Waals surface area contributed by atoms with Gasteiger partial charge in [0.1, 0.15) is 0 Å². The van der Waals surface area contributed by atoms with E-state index in [2.05, 4.69) is 32.6 Å². The fraction of sp³-hybridized carbons (Fsp3) is 1.00. The van der Waals surface area contributed by atoms with E-state index in [1.807, 2.05) is 0 Å². The molecule has 0 aliphatic carbocycles. The Balaban J connectivity index is 2.49. The summed E-state index contributed by atoms with van der Waals surface area (Å²) in [6.07, 6.45) is 4.02. The largest absolute Gasteiger partial charge is 0.377 e. The van der Waals surface area contributed by atoms with Crippen LogP contribution in [0.2, 0.25) is 0 Å². The lowest BCUT2D eigenvalue weighted by molar-refractivity contribution is 0.0519. The highest BCUT2D eigenvalue weighted by Crippen LogP contribution is 2.24. The fourth-order valence-electron chi connectivity index (χ4n) is 2.65. The Morgan fingerprint density at radius 1 is 1.41 bits per heavy atom. The topological polar surface area (TPSA) is 38.5 Å². The van der Waals surface area contributed by atoms with Crippen molar-refractivity contribution in [3.05, 3.63) is 0 Å². The zero-order valence-corrected chi connectivity index (χ0v) is 12.0. The third-order valence-corrected chi connectivity index (χ3v) is 3.50. The minimum absolute atomic E-state index is 0.341. The van der Waals surface area contributed by atoms with Gasteiger partial charge >= 0.3 is 0 Å². The van der Waals surface area contributed by atoms with Gasteiger partial charge in [0, 0.05) is 25.7 Å². The van der Waals surface area contributed by atoms with E-state index in [0.717, 1.165) is 32.7 Å². The van der Waals surface area contributed by atoms with Gasteiger partial charge in [0.25, 0.3) is 0 Å². The molecule has 1 aliphatic rings. The van der Waals surface area contributed by atoms with Crippen molar-refractivity contribution >= 4 is 0 Å². The molecule has 17 heavy (non-hydrogen) atoms. The maximum atomic E-state index is 5.95. The molecule has 1 aliphatic heterocycles. The van der Waals surface area contributed by atoms with Crippen molar-refractivity contribution < 1.29 is 4.74 Å². The van der Waals surface area contributed by atoms with Gasteiger partial charge in [-0.1, -0.05) is 27.7 Å². The number of hydrogen-bond donors (Lipinski definition) is 1. The molecule has 0 spiro atoms. The van der Waals surface area contributed by atoms with Crippen LogP contribution in [-0.4, -0.2) is 43.3 Å². The van der Waals surface area contributed by atoms with Crippen LogP contribution in [0.15, 0.2) is 0 Å². The second-order valence-corrected chi connectivity index (χ2v) is 6.38. The number of likely N-dealkylation sites (N-methyl/N-ethyl adjacent to an activating group) is 1. The first-order chi connectivity index (χ1) is 7.96. The number of hydrogen-bond acceptors (Lipinski definition) is 3. The number of nitrogens with two attached hydrogens (primary N) is 1. The highest BCUT2D eigenvalue weighted by Gasteiger charge is 2.26. The maximum Gasteiger partial charge on any atom is 0.0702 e. The summed E-state index contributed by atoms with van der Waals surface area (Å²) in [5.41, 5.74) is 6.29. The summed E-state index contributed by atoms with van der Waals surface area (Å²) >= 11 is 0. The summed E-state index contributed by atoms with van der Waals surface area (Å²) in [7, 11) is 0. The first-order valence-electron chi connectivity index (χ1n) is 7.02. The molecule has 1 rings (SSSR count). The quantitative estimate of drug-likeness (QED) is 0.776. The second kappa shape index (κ2) is 6.72. The van der Waals surface area contributed by atoms with Crippen molar-refractivity contribution in [2.24, 2.45) is 11.1 Å². The van der Waals surface area contributed by atoms with Gasteiger partial charge in [0.15, 0.2) is 0 Å². The van der Waals surface area contributed by atoms with E-state index < -0.39 is 0 Å². The van der Waals surface area contributed by atoms with E-state index >= 15 is 0 Å². The van der Waals surface area contributed by atoms with Crippen molar-refractivity contribution in [2.75, 3.05) is 26.2 Å². The van der Waals surface area contributed by atoms with Gasteiger partial charge in [-0.05, 0) is 31.2 Å². The Morgan fingerprint density at radius 3 is 2.53 bits per heavy atom. The van der Waals surface area contributed by atoms with Crippen molar-refractivity contribution in [2.45, 2.75) is 59.1 Å². The smallest absolute Gasteiger partial charge is 0.0702 e. The fourth-order valence-corrected chi connectivity index (χ4v) is 2.65. The van der Waals surface area contributed by atoms with Crippen LogP contribution < -0.4 is 5.73 Å².